The first kappa shape index (κ1) is 26.1. The molecular formula is C30H32BrClN4O. The van der Waals surface area contributed by atoms with Crippen LogP contribution in [0.5, 0.6) is 0 Å². The zero-order valence-electron chi connectivity index (χ0n) is 21.4. The lowest BCUT2D eigenvalue weighted by Gasteiger charge is -2.35. The SMILES string of the molecule is CC(Cc1nc2cc(Cl)ccc2c(=O)n1Cc1ccccc1)CC1(c2ccc(Br)cc2)NCC(C)(C)N1. The molecule has 1 aromatic heterocycles. The number of benzene rings is 3. The molecule has 192 valence electrons. The Morgan fingerprint density at radius 1 is 1.08 bits per heavy atom. The summed E-state index contributed by atoms with van der Waals surface area (Å²) in [7, 11) is 0. The fraction of sp³-hybridized carbons (Fsp3) is 0.333. The number of hydrogen-bond acceptors (Lipinski definition) is 4. The van der Waals surface area contributed by atoms with Crippen LogP contribution in [0.25, 0.3) is 10.9 Å². The summed E-state index contributed by atoms with van der Waals surface area (Å²) in [4.78, 5) is 18.6. The molecule has 5 rings (SSSR count). The van der Waals surface area contributed by atoms with Gasteiger partial charge in [-0.2, -0.15) is 0 Å². The molecule has 1 aliphatic rings. The molecule has 0 spiro atoms. The van der Waals surface area contributed by atoms with Gasteiger partial charge in [-0.15, -0.1) is 0 Å². The predicted octanol–water partition coefficient (Wildman–Crippen LogP) is 6.25. The van der Waals surface area contributed by atoms with E-state index in [-0.39, 0.29) is 22.7 Å². The second kappa shape index (κ2) is 10.3. The average molecular weight is 580 g/mol. The van der Waals surface area contributed by atoms with Crippen molar-refractivity contribution in [2.75, 3.05) is 6.54 Å². The first-order valence-corrected chi connectivity index (χ1v) is 13.8. The molecule has 0 amide bonds. The van der Waals surface area contributed by atoms with Crippen LogP contribution in [0.3, 0.4) is 0 Å². The standard InChI is InChI=1S/C30H32BrClN4O/c1-20(17-30(33-19-29(2,3)35-30)22-9-11-23(31)12-10-22)15-27-34-26-16-24(32)13-14-25(26)28(37)36(27)18-21-7-5-4-6-8-21/h4-14,16,20,33,35H,15,17-19H2,1-3H3. The number of fused-ring (bicyclic) bond motifs is 1. The Bertz CT molecular complexity index is 1470. The highest BCUT2D eigenvalue weighted by Gasteiger charge is 2.44. The fourth-order valence-electron chi connectivity index (χ4n) is 5.42. The van der Waals surface area contributed by atoms with Crippen molar-refractivity contribution in [1.29, 1.82) is 0 Å². The molecule has 2 atom stereocenters. The van der Waals surface area contributed by atoms with Crippen molar-refractivity contribution in [3.05, 3.63) is 110 Å². The Kier molecular flexibility index (Phi) is 7.29. The van der Waals surface area contributed by atoms with Gasteiger partial charge >= 0.3 is 0 Å². The molecule has 7 heteroatoms. The number of halogens is 2. The van der Waals surface area contributed by atoms with Crippen molar-refractivity contribution < 1.29 is 0 Å². The van der Waals surface area contributed by atoms with Crippen molar-refractivity contribution >= 4 is 38.4 Å². The summed E-state index contributed by atoms with van der Waals surface area (Å²) in [6, 6.07) is 23.9. The molecule has 0 aliphatic carbocycles. The van der Waals surface area contributed by atoms with E-state index in [1.54, 1.807) is 18.2 Å². The van der Waals surface area contributed by atoms with Crippen LogP contribution in [0.1, 0.15) is 44.1 Å². The Balaban J connectivity index is 1.51. The first-order valence-electron chi connectivity index (χ1n) is 12.7. The molecular weight excluding hydrogens is 548 g/mol. The van der Waals surface area contributed by atoms with Gasteiger partial charge in [0, 0.05) is 28.0 Å². The third-order valence-corrected chi connectivity index (χ3v) is 7.85. The highest BCUT2D eigenvalue weighted by atomic mass is 79.9. The molecule has 1 fully saturated rings. The minimum atomic E-state index is -0.367. The lowest BCUT2D eigenvalue weighted by Crippen LogP contribution is -2.50. The van der Waals surface area contributed by atoms with Crippen molar-refractivity contribution in [1.82, 2.24) is 20.2 Å². The molecule has 2 unspecified atom stereocenters. The molecule has 4 aromatic rings. The number of aromatic nitrogens is 2. The van der Waals surface area contributed by atoms with E-state index in [0.29, 0.717) is 28.9 Å². The molecule has 2 heterocycles. The van der Waals surface area contributed by atoms with Gasteiger partial charge in [-0.1, -0.05) is 76.9 Å². The zero-order chi connectivity index (χ0) is 26.2. The van der Waals surface area contributed by atoms with Crippen molar-refractivity contribution in [2.24, 2.45) is 5.92 Å². The van der Waals surface area contributed by atoms with Crippen LogP contribution in [0.2, 0.25) is 5.02 Å². The van der Waals surface area contributed by atoms with Gasteiger partial charge < -0.3 is 0 Å². The van der Waals surface area contributed by atoms with Crippen LogP contribution in [-0.4, -0.2) is 21.6 Å². The van der Waals surface area contributed by atoms with Gasteiger partial charge in [0.15, 0.2) is 0 Å². The van der Waals surface area contributed by atoms with E-state index in [1.807, 2.05) is 34.9 Å². The Morgan fingerprint density at radius 3 is 2.49 bits per heavy atom. The second-order valence-corrected chi connectivity index (χ2v) is 12.2. The summed E-state index contributed by atoms with van der Waals surface area (Å²) in [5.41, 5.74) is 2.47. The van der Waals surface area contributed by atoms with Gasteiger partial charge in [-0.25, -0.2) is 4.98 Å². The van der Waals surface area contributed by atoms with Crippen molar-refractivity contribution in [3.8, 4) is 0 Å². The maximum absolute atomic E-state index is 13.6. The van der Waals surface area contributed by atoms with E-state index < -0.39 is 0 Å². The number of rotatable bonds is 7. The number of hydrogen-bond donors (Lipinski definition) is 2. The molecule has 0 radical (unpaired) electrons. The fourth-order valence-corrected chi connectivity index (χ4v) is 5.85. The molecule has 1 aliphatic heterocycles. The molecule has 5 nitrogen and oxygen atoms in total. The maximum atomic E-state index is 13.6. The second-order valence-electron chi connectivity index (χ2n) is 10.9. The third kappa shape index (κ3) is 5.68. The maximum Gasteiger partial charge on any atom is 0.261 e. The minimum absolute atomic E-state index is 0.0337. The minimum Gasteiger partial charge on any atom is -0.294 e. The summed E-state index contributed by atoms with van der Waals surface area (Å²) >= 11 is 9.83. The average Bonchev–Trinajstić information content (AvgIpc) is 3.17. The van der Waals surface area contributed by atoms with Crippen molar-refractivity contribution in [2.45, 2.75) is 51.4 Å². The zero-order valence-corrected chi connectivity index (χ0v) is 23.7. The molecule has 37 heavy (non-hydrogen) atoms. The largest absolute Gasteiger partial charge is 0.294 e. The Labute approximate surface area is 231 Å². The Hall–Kier alpha value is -2.51. The van der Waals surface area contributed by atoms with Gasteiger partial charge in [0.05, 0.1) is 23.1 Å². The van der Waals surface area contributed by atoms with Gasteiger partial charge in [0.2, 0.25) is 0 Å². The van der Waals surface area contributed by atoms with E-state index in [2.05, 4.69) is 71.6 Å². The lowest BCUT2D eigenvalue weighted by atomic mass is 9.87. The van der Waals surface area contributed by atoms with Gasteiger partial charge in [-0.3, -0.25) is 20.0 Å². The lowest BCUT2D eigenvalue weighted by molar-refractivity contribution is 0.241. The Morgan fingerprint density at radius 2 is 1.81 bits per heavy atom. The number of nitrogens with one attached hydrogen (secondary N) is 2. The number of nitrogens with zero attached hydrogens (tertiary/aromatic N) is 2. The summed E-state index contributed by atoms with van der Waals surface area (Å²) in [6.07, 6.45) is 1.50. The van der Waals surface area contributed by atoms with E-state index in [0.717, 1.165) is 28.8 Å². The van der Waals surface area contributed by atoms with Crippen molar-refractivity contribution in [3.63, 3.8) is 0 Å². The quantitative estimate of drug-likeness (QED) is 0.272. The van der Waals surface area contributed by atoms with E-state index in [1.165, 1.54) is 5.56 Å². The van der Waals surface area contributed by atoms with Crippen LogP contribution < -0.4 is 16.2 Å². The van der Waals surface area contributed by atoms with Gasteiger partial charge in [-0.05, 0) is 67.6 Å². The van der Waals surface area contributed by atoms with Crippen LogP contribution in [0.15, 0.2) is 82.1 Å². The molecule has 1 saturated heterocycles. The third-order valence-electron chi connectivity index (χ3n) is 7.09. The molecule has 0 bridgehead atoms. The van der Waals surface area contributed by atoms with Gasteiger partial charge in [0.25, 0.3) is 5.56 Å². The van der Waals surface area contributed by atoms with E-state index >= 15 is 0 Å². The topological polar surface area (TPSA) is 59.0 Å². The predicted molar refractivity (Wildman–Crippen MR) is 155 cm³/mol. The van der Waals surface area contributed by atoms with E-state index in [9.17, 15) is 4.79 Å². The van der Waals surface area contributed by atoms with Crippen LogP contribution >= 0.6 is 27.5 Å². The summed E-state index contributed by atoms with van der Waals surface area (Å²) in [5.74, 6) is 1.00. The molecule has 3 aromatic carbocycles. The van der Waals surface area contributed by atoms with Crippen LogP contribution in [-0.2, 0) is 18.6 Å². The first-order chi connectivity index (χ1) is 17.6. The monoisotopic (exact) mass is 578 g/mol. The highest BCUT2D eigenvalue weighted by molar-refractivity contribution is 9.10. The molecule has 2 N–H and O–H groups in total. The normalized spacial score (nSPS) is 19.8. The molecule has 0 saturated carbocycles. The van der Waals surface area contributed by atoms with Crippen LogP contribution in [0.4, 0.5) is 0 Å². The summed E-state index contributed by atoms with van der Waals surface area (Å²) in [5, 5.41) is 8.81. The smallest absolute Gasteiger partial charge is 0.261 e. The van der Waals surface area contributed by atoms with E-state index in [4.69, 9.17) is 16.6 Å². The summed E-state index contributed by atoms with van der Waals surface area (Å²) < 4.78 is 2.88. The van der Waals surface area contributed by atoms with Gasteiger partial charge in [0.1, 0.15) is 5.82 Å². The highest BCUT2D eigenvalue weighted by Crippen LogP contribution is 2.34. The summed E-state index contributed by atoms with van der Waals surface area (Å²) in [6.45, 7) is 8.02. The van der Waals surface area contributed by atoms with Crippen LogP contribution in [0, 0.1) is 5.92 Å².